The van der Waals surface area contributed by atoms with Crippen LogP contribution in [0.4, 0.5) is 0 Å². The number of pyridine rings is 1. The van der Waals surface area contributed by atoms with Gasteiger partial charge in [0.2, 0.25) is 0 Å². The third kappa shape index (κ3) is 2.10. The molecular formula is C14H10N2O3S. The first-order chi connectivity index (χ1) is 9.69. The van der Waals surface area contributed by atoms with Crippen LogP contribution in [0, 0.1) is 0 Å². The number of ether oxygens (including phenoxy) is 1. The highest BCUT2D eigenvalue weighted by atomic mass is 32.1. The van der Waals surface area contributed by atoms with Crippen LogP contribution in [0.2, 0.25) is 0 Å². The summed E-state index contributed by atoms with van der Waals surface area (Å²) >= 11 is 1.42. The molecular weight excluding hydrogens is 276 g/mol. The van der Waals surface area contributed by atoms with Crippen LogP contribution in [-0.4, -0.2) is 28.2 Å². The normalized spacial score (nSPS) is 10.7. The van der Waals surface area contributed by atoms with Crippen LogP contribution in [0.5, 0.6) is 5.75 Å². The Hall–Kier alpha value is -2.47. The molecule has 0 saturated heterocycles. The number of benzene rings is 1. The Kier molecular flexibility index (Phi) is 3.08. The molecule has 100 valence electrons. The summed E-state index contributed by atoms with van der Waals surface area (Å²) in [4.78, 5) is 20.8. The van der Waals surface area contributed by atoms with Crippen molar-refractivity contribution in [1.29, 1.82) is 0 Å². The van der Waals surface area contributed by atoms with E-state index in [9.17, 15) is 9.90 Å². The minimum absolute atomic E-state index is 0.206. The van der Waals surface area contributed by atoms with Gasteiger partial charge >= 0.3 is 5.97 Å². The number of carbonyl (C=O) groups is 1. The van der Waals surface area contributed by atoms with E-state index in [2.05, 4.69) is 9.97 Å². The van der Waals surface area contributed by atoms with Gasteiger partial charge < -0.3 is 9.84 Å². The predicted molar refractivity (Wildman–Crippen MR) is 76.4 cm³/mol. The molecule has 5 nitrogen and oxygen atoms in total. The van der Waals surface area contributed by atoms with Crippen LogP contribution in [0.15, 0.2) is 36.0 Å². The fourth-order valence-electron chi connectivity index (χ4n) is 1.98. The Labute approximate surface area is 118 Å². The molecule has 0 atom stereocenters. The van der Waals surface area contributed by atoms with Crippen LogP contribution in [0.25, 0.3) is 21.5 Å². The maximum absolute atomic E-state index is 11.5. The lowest BCUT2D eigenvalue weighted by molar-refractivity contribution is 0.0699. The summed E-state index contributed by atoms with van der Waals surface area (Å²) in [5.41, 5.74) is 3.13. The molecule has 1 aromatic carbocycles. The van der Waals surface area contributed by atoms with Crippen molar-refractivity contribution in [3.63, 3.8) is 0 Å². The number of hydrogen-bond acceptors (Lipinski definition) is 5. The van der Waals surface area contributed by atoms with Crippen LogP contribution in [0.3, 0.4) is 0 Å². The lowest BCUT2D eigenvalue weighted by atomic mass is 10.1. The molecule has 0 fully saturated rings. The third-order valence-electron chi connectivity index (χ3n) is 2.93. The summed E-state index contributed by atoms with van der Waals surface area (Å²) in [5, 5.41) is 9.95. The quantitative estimate of drug-likeness (QED) is 0.801. The van der Waals surface area contributed by atoms with Crippen LogP contribution in [0.1, 0.15) is 10.4 Å². The van der Waals surface area contributed by atoms with E-state index >= 15 is 0 Å². The molecule has 0 spiro atoms. The Balaban J connectivity index is 2.30. The van der Waals surface area contributed by atoms with Gasteiger partial charge in [0, 0.05) is 11.6 Å². The number of nitrogens with zero attached hydrogens (tertiary/aromatic N) is 2. The van der Waals surface area contributed by atoms with Crippen LogP contribution < -0.4 is 4.74 Å². The molecule has 0 aliphatic rings. The van der Waals surface area contributed by atoms with E-state index in [0.29, 0.717) is 22.3 Å². The number of aromatic nitrogens is 2. The van der Waals surface area contributed by atoms with Crippen molar-refractivity contribution in [2.24, 2.45) is 0 Å². The second-order valence-corrected chi connectivity index (χ2v) is 5.00. The topological polar surface area (TPSA) is 72.3 Å². The minimum atomic E-state index is -0.989. The number of fused-ring (bicyclic) bond motifs is 1. The molecule has 0 saturated carbocycles. The minimum Gasteiger partial charge on any atom is -0.497 e. The smallest absolute Gasteiger partial charge is 0.336 e. The maximum atomic E-state index is 11.5. The predicted octanol–water partition coefficient (Wildman–Crippen LogP) is 3.07. The van der Waals surface area contributed by atoms with Crippen molar-refractivity contribution in [2.45, 2.75) is 0 Å². The number of carboxylic acid groups (broad SMARTS) is 1. The zero-order valence-corrected chi connectivity index (χ0v) is 11.3. The number of thiazole rings is 1. The van der Waals surface area contributed by atoms with Crippen molar-refractivity contribution in [3.8, 4) is 16.3 Å². The monoisotopic (exact) mass is 286 g/mol. The lowest BCUT2D eigenvalue weighted by Crippen LogP contribution is -2.00. The van der Waals surface area contributed by atoms with Gasteiger partial charge in [-0.1, -0.05) is 0 Å². The van der Waals surface area contributed by atoms with Crippen LogP contribution >= 0.6 is 11.3 Å². The Morgan fingerprint density at radius 1 is 1.35 bits per heavy atom. The standard InChI is InChI=1S/C14H10N2O3S/c1-19-8-2-3-11-9(4-8)10(14(17)18)5-12(16-11)13-6-15-7-20-13/h2-7H,1H3,(H,17,18). The number of methoxy groups -OCH3 is 1. The van der Waals surface area contributed by atoms with E-state index in [-0.39, 0.29) is 5.56 Å². The highest BCUT2D eigenvalue weighted by Crippen LogP contribution is 2.29. The Morgan fingerprint density at radius 2 is 2.20 bits per heavy atom. The van der Waals surface area contributed by atoms with Gasteiger partial charge in [0.1, 0.15) is 5.75 Å². The molecule has 1 N–H and O–H groups in total. The van der Waals surface area contributed by atoms with E-state index in [0.717, 1.165) is 4.88 Å². The maximum Gasteiger partial charge on any atom is 0.336 e. The first-order valence-corrected chi connectivity index (χ1v) is 6.68. The lowest BCUT2D eigenvalue weighted by Gasteiger charge is -2.07. The Bertz CT molecular complexity index is 784. The van der Waals surface area contributed by atoms with Gasteiger partial charge in [-0.3, -0.25) is 4.98 Å². The molecule has 2 heterocycles. The second-order valence-electron chi connectivity index (χ2n) is 4.11. The summed E-state index contributed by atoms with van der Waals surface area (Å²) in [6.45, 7) is 0. The summed E-state index contributed by atoms with van der Waals surface area (Å²) in [6, 6.07) is 6.77. The summed E-state index contributed by atoms with van der Waals surface area (Å²) in [6.07, 6.45) is 1.67. The summed E-state index contributed by atoms with van der Waals surface area (Å²) < 4.78 is 5.13. The van der Waals surface area contributed by atoms with Crippen molar-refractivity contribution >= 4 is 28.2 Å². The molecule has 20 heavy (non-hydrogen) atoms. The van der Waals surface area contributed by atoms with Crippen molar-refractivity contribution in [1.82, 2.24) is 9.97 Å². The summed E-state index contributed by atoms with van der Waals surface area (Å²) in [5.74, 6) is -0.385. The molecule has 0 unspecified atom stereocenters. The molecule has 3 rings (SSSR count). The van der Waals surface area contributed by atoms with E-state index in [1.807, 2.05) is 0 Å². The molecule has 3 aromatic rings. The number of hydrogen-bond donors (Lipinski definition) is 1. The number of aromatic carboxylic acids is 1. The zero-order valence-electron chi connectivity index (χ0n) is 10.5. The van der Waals surface area contributed by atoms with Gasteiger partial charge in [-0.05, 0) is 24.3 Å². The van der Waals surface area contributed by atoms with Crippen LogP contribution in [-0.2, 0) is 0 Å². The van der Waals surface area contributed by atoms with E-state index in [4.69, 9.17) is 4.74 Å². The van der Waals surface area contributed by atoms with Gasteiger partial charge in [0.25, 0.3) is 0 Å². The SMILES string of the molecule is COc1ccc2nc(-c3cncs3)cc(C(=O)O)c2c1. The molecule has 0 bridgehead atoms. The van der Waals surface area contributed by atoms with Gasteiger partial charge in [0.05, 0.1) is 34.3 Å². The first-order valence-electron chi connectivity index (χ1n) is 5.80. The second kappa shape index (κ2) is 4.90. The average Bonchev–Trinajstić information content (AvgIpc) is 2.99. The molecule has 0 radical (unpaired) electrons. The van der Waals surface area contributed by atoms with Gasteiger partial charge in [0.15, 0.2) is 0 Å². The molecule has 0 amide bonds. The van der Waals surface area contributed by atoms with E-state index < -0.39 is 5.97 Å². The van der Waals surface area contributed by atoms with E-state index in [1.54, 1.807) is 43.1 Å². The largest absolute Gasteiger partial charge is 0.497 e. The van der Waals surface area contributed by atoms with Crippen molar-refractivity contribution in [3.05, 3.63) is 41.5 Å². The molecule has 0 aliphatic heterocycles. The summed E-state index contributed by atoms with van der Waals surface area (Å²) in [7, 11) is 1.54. The zero-order chi connectivity index (χ0) is 14.1. The number of carboxylic acids is 1. The first kappa shape index (κ1) is 12.6. The highest BCUT2D eigenvalue weighted by molar-refractivity contribution is 7.13. The van der Waals surface area contributed by atoms with Gasteiger partial charge in [-0.2, -0.15) is 0 Å². The Morgan fingerprint density at radius 3 is 2.85 bits per heavy atom. The fourth-order valence-corrected chi connectivity index (χ4v) is 2.56. The highest BCUT2D eigenvalue weighted by Gasteiger charge is 2.14. The third-order valence-corrected chi connectivity index (χ3v) is 3.73. The van der Waals surface area contributed by atoms with E-state index in [1.165, 1.54) is 11.3 Å². The van der Waals surface area contributed by atoms with Gasteiger partial charge in [-0.25, -0.2) is 9.78 Å². The fraction of sp³-hybridized carbons (Fsp3) is 0.0714. The molecule has 6 heteroatoms. The van der Waals surface area contributed by atoms with Crippen molar-refractivity contribution in [2.75, 3.05) is 7.11 Å². The average molecular weight is 286 g/mol. The number of rotatable bonds is 3. The molecule has 0 aliphatic carbocycles. The van der Waals surface area contributed by atoms with Gasteiger partial charge in [-0.15, -0.1) is 11.3 Å². The van der Waals surface area contributed by atoms with Crippen molar-refractivity contribution < 1.29 is 14.6 Å². The molecule has 2 aromatic heterocycles.